The molecule has 0 saturated carbocycles. The average Bonchev–Trinajstić information content (AvgIpc) is 3.00. The van der Waals surface area contributed by atoms with Crippen LogP contribution in [0.2, 0.25) is 0 Å². The van der Waals surface area contributed by atoms with Gasteiger partial charge in [-0.05, 0) is 43.0 Å². The second-order valence-corrected chi connectivity index (χ2v) is 6.80. The van der Waals surface area contributed by atoms with Gasteiger partial charge in [0, 0.05) is 45.2 Å². The molecule has 24 heavy (non-hydrogen) atoms. The molecule has 126 valence electrons. The molecule has 0 radical (unpaired) electrons. The Kier molecular flexibility index (Phi) is 4.45. The molecule has 2 aliphatic heterocycles. The van der Waals surface area contributed by atoms with Gasteiger partial charge in [0.15, 0.2) is 0 Å². The summed E-state index contributed by atoms with van der Waals surface area (Å²) in [4.78, 5) is 11.2. The van der Waals surface area contributed by atoms with Gasteiger partial charge in [0.25, 0.3) is 0 Å². The first kappa shape index (κ1) is 15.5. The zero-order valence-corrected chi connectivity index (χ0v) is 13.9. The molecule has 1 spiro atoms. The summed E-state index contributed by atoms with van der Waals surface area (Å²) in [5, 5.41) is 3.42. The van der Waals surface area contributed by atoms with Crippen LogP contribution in [0.5, 0.6) is 0 Å². The quantitative estimate of drug-likeness (QED) is 0.885. The summed E-state index contributed by atoms with van der Waals surface area (Å²) in [6.45, 7) is 4.82. The third kappa shape index (κ3) is 3.28. The van der Waals surface area contributed by atoms with Crippen LogP contribution in [0.25, 0.3) is 0 Å². The molecule has 0 aliphatic carbocycles. The van der Waals surface area contributed by atoms with Gasteiger partial charge in [-0.25, -0.2) is 4.98 Å². The van der Waals surface area contributed by atoms with Gasteiger partial charge >= 0.3 is 0 Å². The maximum atomic E-state index is 6.15. The Hall–Kier alpha value is -1.98. The van der Waals surface area contributed by atoms with E-state index in [0.717, 1.165) is 50.7 Å². The number of likely N-dealkylation sites (tertiary alicyclic amines) is 1. The maximum absolute atomic E-state index is 6.15. The molecule has 2 aromatic heterocycles. The summed E-state index contributed by atoms with van der Waals surface area (Å²) in [5.41, 5.74) is 1.21. The van der Waals surface area contributed by atoms with E-state index in [-0.39, 0.29) is 5.60 Å². The lowest BCUT2D eigenvalue weighted by Gasteiger charge is -2.50. The van der Waals surface area contributed by atoms with Crippen molar-refractivity contribution in [1.82, 2.24) is 14.9 Å². The number of aromatic nitrogens is 2. The summed E-state index contributed by atoms with van der Waals surface area (Å²) in [7, 11) is 0. The van der Waals surface area contributed by atoms with Crippen LogP contribution in [0.3, 0.4) is 0 Å². The fourth-order valence-electron chi connectivity index (χ4n) is 3.93. The lowest BCUT2D eigenvalue weighted by molar-refractivity contribution is -0.136. The second-order valence-electron chi connectivity index (χ2n) is 6.80. The van der Waals surface area contributed by atoms with Crippen LogP contribution in [-0.4, -0.2) is 46.7 Å². The third-order valence-corrected chi connectivity index (χ3v) is 5.16. The van der Waals surface area contributed by atoms with Crippen LogP contribution in [0.1, 0.15) is 18.5 Å². The lowest BCUT2D eigenvalue weighted by atomic mass is 9.79. The number of nitrogens with zero attached hydrogens (tertiary/aromatic N) is 3. The van der Waals surface area contributed by atoms with Gasteiger partial charge in [0.2, 0.25) is 0 Å². The number of ether oxygens (including phenoxy) is 1. The van der Waals surface area contributed by atoms with Crippen LogP contribution in [0, 0.1) is 5.92 Å². The number of pyridine rings is 2. The van der Waals surface area contributed by atoms with Crippen molar-refractivity contribution < 1.29 is 4.74 Å². The van der Waals surface area contributed by atoms with Gasteiger partial charge in [0.05, 0.1) is 11.3 Å². The molecule has 4 heterocycles. The van der Waals surface area contributed by atoms with Crippen molar-refractivity contribution in [1.29, 1.82) is 0 Å². The molecule has 0 amide bonds. The van der Waals surface area contributed by atoms with Crippen LogP contribution < -0.4 is 5.32 Å². The normalized spacial score (nSPS) is 22.4. The predicted octanol–water partition coefficient (Wildman–Crippen LogP) is 2.57. The first-order valence-electron chi connectivity index (χ1n) is 8.75. The van der Waals surface area contributed by atoms with Gasteiger partial charge in [-0.1, -0.05) is 12.1 Å². The molecule has 0 aromatic carbocycles. The Balaban J connectivity index is 1.27. The highest BCUT2D eigenvalue weighted by atomic mass is 16.5. The van der Waals surface area contributed by atoms with E-state index in [0.29, 0.717) is 5.92 Å². The Labute approximate surface area is 143 Å². The molecular formula is C19H24N4O. The Morgan fingerprint density at radius 3 is 2.71 bits per heavy atom. The van der Waals surface area contributed by atoms with Crippen molar-refractivity contribution in [3.8, 4) is 0 Å². The highest BCUT2D eigenvalue weighted by Gasteiger charge is 2.52. The summed E-state index contributed by atoms with van der Waals surface area (Å²) in [5.74, 6) is 1.59. The van der Waals surface area contributed by atoms with E-state index in [1.807, 2.05) is 36.7 Å². The molecule has 2 fully saturated rings. The monoisotopic (exact) mass is 324 g/mol. The van der Waals surface area contributed by atoms with Gasteiger partial charge in [-0.3, -0.25) is 9.88 Å². The fourth-order valence-corrected chi connectivity index (χ4v) is 3.93. The summed E-state index contributed by atoms with van der Waals surface area (Å²) in [6.07, 6.45) is 5.99. The molecule has 2 saturated heterocycles. The van der Waals surface area contributed by atoms with Crippen LogP contribution >= 0.6 is 0 Å². The van der Waals surface area contributed by atoms with Crippen molar-refractivity contribution in [2.24, 2.45) is 5.92 Å². The first-order chi connectivity index (χ1) is 11.8. The number of nitrogens with one attached hydrogen (secondary N) is 1. The van der Waals surface area contributed by atoms with E-state index in [1.54, 1.807) is 0 Å². The van der Waals surface area contributed by atoms with Crippen molar-refractivity contribution in [3.63, 3.8) is 0 Å². The smallest absolute Gasteiger partial charge is 0.125 e. The van der Waals surface area contributed by atoms with Crippen LogP contribution in [0.4, 0.5) is 5.82 Å². The average molecular weight is 324 g/mol. The van der Waals surface area contributed by atoms with E-state index in [9.17, 15) is 0 Å². The van der Waals surface area contributed by atoms with E-state index in [4.69, 9.17) is 4.74 Å². The minimum absolute atomic E-state index is 0.0700. The summed E-state index contributed by atoms with van der Waals surface area (Å²) >= 11 is 0. The van der Waals surface area contributed by atoms with Crippen molar-refractivity contribution in [2.75, 3.05) is 31.6 Å². The van der Waals surface area contributed by atoms with Gasteiger partial charge in [0.1, 0.15) is 5.82 Å². The molecular weight excluding hydrogens is 300 g/mol. The molecule has 4 rings (SSSR count). The third-order valence-electron chi connectivity index (χ3n) is 5.16. The zero-order valence-electron chi connectivity index (χ0n) is 13.9. The highest BCUT2D eigenvalue weighted by molar-refractivity contribution is 5.32. The van der Waals surface area contributed by atoms with Crippen molar-refractivity contribution in [3.05, 3.63) is 54.5 Å². The number of hydrogen-bond acceptors (Lipinski definition) is 5. The molecule has 0 unspecified atom stereocenters. The first-order valence-corrected chi connectivity index (χ1v) is 8.75. The topological polar surface area (TPSA) is 50.3 Å². The predicted molar refractivity (Wildman–Crippen MR) is 93.6 cm³/mol. The maximum Gasteiger partial charge on any atom is 0.125 e. The van der Waals surface area contributed by atoms with Crippen LogP contribution in [-0.2, 0) is 11.3 Å². The SMILES string of the molecule is c1ccc(CN2CC3(C2)OCC[C@@H]3CCNc2ccccn2)nc1. The van der Waals surface area contributed by atoms with E-state index in [1.165, 1.54) is 6.42 Å². The van der Waals surface area contributed by atoms with Crippen molar-refractivity contribution >= 4 is 5.82 Å². The minimum Gasteiger partial charge on any atom is -0.372 e. The second kappa shape index (κ2) is 6.87. The molecule has 1 atom stereocenters. The number of rotatable bonds is 6. The molecule has 0 bridgehead atoms. The Morgan fingerprint density at radius 1 is 1.12 bits per heavy atom. The van der Waals surface area contributed by atoms with Gasteiger partial charge in [-0.2, -0.15) is 0 Å². The van der Waals surface area contributed by atoms with E-state index in [2.05, 4.69) is 32.3 Å². The van der Waals surface area contributed by atoms with E-state index >= 15 is 0 Å². The molecule has 2 aliphatic rings. The molecule has 5 nitrogen and oxygen atoms in total. The van der Waals surface area contributed by atoms with E-state index < -0.39 is 0 Å². The lowest BCUT2D eigenvalue weighted by Crippen LogP contribution is -2.64. The largest absolute Gasteiger partial charge is 0.372 e. The molecule has 5 heteroatoms. The summed E-state index contributed by atoms with van der Waals surface area (Å²) < 4.78 is 6.15. The fraction of sp³-hybridized carbons (Fsp3) is 0.474. The van der Waals surface area contributed by atoms with Gasteiger partial charge < -0.3 is 10.1 Å². The minimum atomic E-state index is 0.0700. The Bertz CT molecular complexity index is 643. The highest BCUT2D eigenvalue weighted by Crippen LogP contribution is 2.42. The molecule has 1 N–H and O–H groups in total. The van der Waals surface area contributed by atoms with Crippen LogP contribution in [0.15, 0.2) is 48.8 Å². The number of hydrogen-bond donors (Lipinski definition) is 1. The standard InChI is InChI=1S/C19H24N4O/c1-3-9-20-17(5-1)13-23-14-19(15-23)16(8-12-24-19)7-11-22-18-6-2-4-10-21-18/h1-6,9-10,16H,7-8,11-15H2,(H,21,22)/t16-/m0/s1. The van der Waals surface area contributed by atoms with Gasteiger partial charge in [-0.15, -0.1) is 0 Å². The summed E-state index contributed by atoms with van der Waals surface area (Å²) in [6, 6.07) is 12.1. The number of anilines is 1. The van der Waals surface area contributed by atoms with Crippen molar-refractivity contribution in [2.45, 2.75) is 25.0 Å². The Morgan fingerprint density at radius 2 is 1.96 bits per heavy atom. The molecule has 2 aromatic rings. The zero-order chi connectivity index (χ0) is 16.2.